The van der Waals surface area contributed by atoms with Crippen LogP contribution in [0.15, 0.2) is 0 Å². The number of unbranched alkanes of at least 4 members (excludes halogenated alkanes) is 9. The third kappa shape index (κ3) is 13.5. The lowest BCUT2D eigenvalue weighted by Crippen LogP contribution is -2.48. The lowest BCUT2D eigenvalue weighted by atomic mass is 10.0. The smallest absolute Gasteiger partial charge is 0.328 e. The second-order valence-electron chi connectivity index (χ2n) is 7.28. The number of carbonyl (C=O) groups is 3. The second-order valence-corrected chi connectivity index (χ2v) is 7.28. The van der Waals surface area contributed by atoms with Gasteiger partial charge in [-0.15, -0.1) is 0 Å². The fourth-order valence-corrected chi connectivity index (χ4v) is 3.02. The van der Waals surface area contributed by atoms with Gasteiger partial charge in [0.2, 0.25) is 5.91 Å². The Morgan fingerprint density at radius 1 is 0.821 bits per heavy atom. The Morgan fingerprint density at radius 2 is 1.36 bits per heavy atom. The van der Waals surface area contributed by atoms with E-state index in [2.05, 4.69) is 21.7 Å². The van der Waals surface area contributed by atoms with Gasteiger partial charge in [0.05, 0.1) is 20.3 Å². The van der Waals surface area contributed by atoms with Crippen molar-refractivity contribution in [3.63, 3.8) is 0 Å². The van der Waals surface area contributed by atoms with Crippen molar-refractivity contribution in [3.8, 4) is 0 Å². The topological polar surface area (TPSA) is 108 Å². The monoisotopic (exact) mass is 400 g/mol. The lowest BCUT2D eigenvalue weighted by molar-refractivity contribution is -0.146. The zero-order chi connectivity index (χ0) is 21.2. The molecule has 7 nitrogen and oxygen atoms in total. The van der Waals surface area contributed by atoms with Crippen LogP contribution in [0.3, 0.4) is 0 Å². The molecule has 2 atom stereocenters. The third-order valence-corrected chi connectivity index (χ3v) is 4.87. The Hall–Kier alpha value is -1.63. The summed E-state index contributed by atoms with van der Waals surface area (Å²) in [6, 6.07) is -1.56. The molecule has 0 aromatic rings. The Morgan fingerprint density at radius 3 is 1.86 bits per heavy atom. The van der Waals surface area contributed by atoms with Gasteiger partial charge in [0.25, 0.3) is 0 Å². The van der Waals surface area contributed by atoms with Gasteiger partial charge in [-0.25, -0.2) is 4.79 Å². The normalized spacial score (nSPS) is 12.9. The molecule has 0 radical (unpaired) electrons. The minimum Gasteiger partial charge on any atom is -0.469 e. The van der Waals surface area contributed by atoms with Crippen LogP contribution >= 0.6 is 0 Å². The van der Waals surface area contributed by atoms with Gasteiger partial charge >= 0.3 is 11.9 Å². The highest BCUT2D eigenvalue weighted by atomic mass is 16.5. The summed E-state index contributed by atoms with van der Waals surface area (Å²) in [5, 5.41) is 2.59. The first-order valence-electron chi connectivity index (χ1n) is 10.7. The van der Waals surface area contributed by atoms with Crippen molar-refractivity contribution < 1.29 is 23.9 Å². The van der Waals surface area contributed by atoms with Crippen molar-refractivity contribution in [1.82, 2.24) is 5.32 Å². The van der Waals surface area contributed by atoms with Crippen LogP contribution < -0.4 is 11.1 Å². The molecule has 1 amide bonds. The third-order valence-electron chi connectivity index (χ3n) is 4.87. The molecule has 0 aliphatic rings. The summed E-state index contributed by atoms with van der Waals surface area (Å²) < 4.78 is 9.23. The number of carbonyl (C=O) groups excluding carboxylic acids is 3. The van der Waals surface area contributed by atoms with Crippen molar-refractivity contribution in [2.24, 2.45) is 5.73 Å². The molecule has 0 aliphatic heterocycles. The minimum absolute atomic E-state index is 0.0181. The number of methoxy groups -OCH3 is 2. The second kappa shape index (κ2) is 17.5. The Bertz CT molecular complexity index is 443. The highest BCUT2D eigenvalue weighted by molar-refractivity contribution is 5.87. The van der Waals surface area contributed by atoms with Crippen LogP contribution in [0.5, 0.6) is 0 Å². The maximum Gasteiger partial charge on any atom is 0.328 e. The molecule has 0 aliphatic carbocycles. The van der Waals surface area contributed by atoms with Gasteiger partial charge in [0, 0.05) is 6.42 Å². The van der Waals surface area contributed by atoms with Crippen molar-refractivity contribution in [3.05, 3.63) is 0 Å². The van der Waals surface area contributed by atoms with E-state index in [1.165, 1.54) is 59.2 Å². The standard InChI is InChI=1S/C21H40N2O5/c1-4-5-6-7-8-9-10-11-12-13-14-17(22)20(25)23-18(21(26)28-3)15-16-19(24)27-2/h17-18H,4-16,22H2,1-3H3,(H,23,25)/t17-,18-/m0/s1. The molecule has 0 unspecified atom stereocenters. The van der Waals surface area contributed by atoms with E-state index in [4.69, 9.17) is 5.73 Å². The summed E-state index contributed by atoms with van der Waals surface area (Å²) >= 11 is 0. The van der Waals surface area contributed by atoms with Crippen LogP contribution in [0.4, 0.5) is 0 Å². The first-order valence-corrected chi connectivity index (χ1v) is 10.7. The van der Waals surface area contributed by atoms with Crippen LogP contribution in [0.2, 0.25) is 0 Å². The highest BCUT2D eigenvalue weighted by Gasteiger charge is 2.25. The zero-order valence-corrected chi connectivity index (χ0v) is 18.0. The van der Waals surface area contributed by atoms with Gasteiger partial charge in [0.15, 0.2) is 0 Å². The molecule has 0 heterocycles. The molecule has 0 spiro atoms. The van der Waals surface area contributed by atoms with Gasteiger partial charge in [-0.05, 0) is 12.8 Å². The predicted octanol–water partition coefficient (Wildman–Crippen LogP) is 3.24. The molecular weight excluding hydrogens is 360 g/mol. The first kappa shape index (κ1) is 26.4. The summed E-state index contributed by atoms with van der Waals surface area (Å²) in [5.74, 6) is -1.43. The van der Waals surface area contributed by atoms with Crippen molar-refractivity contribution >= 4 is 17.8 Å². The van der Waals surface area contributed by atoms with Gasteiger partial charge in [0.1, 0.15) is 6.04 Å². The molecule has 0 fully saturated rings. The number of nitrogens with two attached hydrogens (primary N) is 1. The average Bonchev–Trinajstić information content (AvgIpc) is 2.70. The van der Waals surface area contributed by atoms with E-state index in [0.717, 1.165) is 19.3 Å². The molecule has 0 aromatic carbocycles. The Labute approximate surface area is 170 Å². The molecule has 0 rings (SSSR count). The summed E-state index contributed by atoms with van der Waals surface area (Å²) in [5.41, 5.74) is 5.94. The van der Waals surface area contributed by atoms with Crippen molar-refractivity contribution in [2.45, 2.75) is 102 Å². The fraction of sp³-hybridized carbons (Fsp3) is 0.857. The molecule has 28 heavy (non-hydrogen) atoms. The maximum absolute atomic E-state index is 12.2. The molecule has 0 saturated heterocycles. The molecule has 7 heteroatoms. The first-order chi connectivity index (χ1) is 13.5. The van der Waals surface area contributed by atoms with Gasteiger partial charge in [-0.2, -0.15) is 0 Å². The van der Waals surface area contributed by atoms with Gasteiger partial charge in [-0.1, -0.05) is 71.1 Å². The minimum atomic E-state index is -0.893. The number of hydrogen-bond acceptors (Lipinski definition) is 6. The Kier molecular flexibility index (Phi) is 16.5. The van der Waals surface area contributed by atoms with Crippen LogP contribution in [0.1, 0.15) is 90.4 Å². The lowest BCUT2D eigenvalue weighted by Gasteiger charge is -2.19. The molecule has 3 N–H and O–H groups in total. The molecule has 164 valence electrons. The van der Waals surface area contributed by atoms with E-state index >= 15 is 0 Å². The number of rotatable bonds is 17. The number of nitrogens with one attached hydrogen (secondary N) is 1. The SMILES string of the molecule is CCCCCCCCCCCC[C@H](N)C(=O)N[C@@H](CCC(=O)OC)C(=O)OC. The number of ether oxygens (including phenoxy) is 2. The summed E-state index contributed by atoms with van der Waals surface area (Å²) in [6.45, 7) is 2.23. The van der Waals surface area contributed by atoms with Crippen molar-refractivity contribution in [2.75, 3.05) is 14.2 Å². The van der Waals surface area contributed by atoms with Crippen LogP contribution in [0.25, 0.3) is 0 Å². The number of esters is 2. The van der Waals surface area contributed by atoms with E-state index in [-0.39, 0.29) is 12.8 Å². The van der Waals surface area contributed by atoms with Crippen LogP contribution in [-0.2, 0) is 23.9 Å². The van der Waals surface area contributed by atoms with E-state index in [1.807, 2.05) is 0 Å². The van der Waals surface area contributed by atoms with E-state index in [0.29, 0.717) is 6.42 Å². The molecule has 0 aromatic heterocycles. The molecular formula is C21H40N2O5. The molecule has 0 saturated carbocycles. The van der Waals surface area contributed by atoms with Gasteiger partial charge in [-0.3, -0.25) is 9.59 Å². The highest BCUT2D eigenvalue weighted by Crippen LogP contribution is 2.12. The number of amides is 1. The van der Waals surface area contributed by atoms with Crippen molar-refractivity contribution in [1.29, 1.82) is 0 Å². The van der Waals surface area contributed by atoms with E-state index < -0.39 is 29.9 Å². The molecule has 0 bridgehead atoms. The summed E-state index contributed by atoms with van der Waals surface area (Å²) in [7, 11) is 2.51. The van der Waals surface area contributed by atoms with E-state index in [9.17, 15) is 14.4 Å². The van der Waals surface area contributed by atoms with Crippen LogP contribution in [0, 0.1) is 0 Å². The quantitative estimate of drug-likeness (QED) is 0.287. The fourth-order valence-electron chi connectivity index (χ4n) is 3.02. The Balaban J connectivity index is 3.98. The maximum atomic E-state index is 12.2. The number of hydrogen-bond donors (Lipinski definition) is 2. The summed E-state index contributed by atoms with van der Waals surface area (Å²) in [4.78, 5) is 35.3. The summed E-state index contributed by atoms with van der Waals surface area (Å²) in [6.07, 6.45) is 12.9. The predicted molar refractivity (Wildman–Crippen MR) is 110 cm³/mol. The van der Waals surface area contributed by atoms with Gasteiger partial charge < -0.3 is 20.5 Å². The average molecular weight is 401 g/mol. The van der Waals surface area contributed by atoms with E-state index in [1.54, 1.807) is 0 Å². The van der Waals surface area contributed by atoms with Crippen LogP contribution in [-0.4, -0.2) is 44.1 Å². The largest absolute Gasteiger partial charge is 0.469 e. The zero-order valence-electron chi connectivity index (χ0n) is 18.0.